The first kappa shape index (κ1) is 21.7. The summed E-state index contributed by atoms with van der Waals surface area (Å²) in [6.45, 7) is 4.70. The molecule has 8 nitrogen and oxygen atoms in total. The van der Waals surface area contributed by atoms with Crippen LogP contribution in [0.2, 0.25) is 0 Å². The lowest BCUT2D eigenvalue weighted by Crippen LogP contribution is -2.45. The van der Waals surface area contributed by atoms with Crippen molar-refractivity contribution in [3.8, 4) is 11.4 Å². The zero-order valence-corrected chi connectivity index (χ0v) is 19.0. The lowest BCUT2D eigenvalue weighted by molar-refractivity contribution is -0.126. The van der Waals surface area contributed by atoms with Crippen molar-refractivity contribution in [3.63, 3.8) is 0 Å². The standard InChI is InChI=1S/C21H24N4O4S2/c1-14-6-3-4-7-16(14)11-22-21(26)17-8-5-9-25(12-17)31(27,28)19-10-18(13-30-19)20-23-15(2)29-24-20/h3-4,6-7,10,13,17H,5,8-9,11-12H2,1-2H3,(H,22,26)/t17-/m1/s1. The number of amides is 1. The minimum absolute atomic E-state index is 0.114. The monoisotopic (exact) mass is 460 g/mol. The summed E-state index contributed by atoms with van der Waals surface area (Å²) in [5, 5.41) is 8.51. The second kappa shape index (κ2) is 8.89. The van der Waals surface area contributed by atoms with Crippen molar-refractivity contribution in [2.75, 3.05) is 13.1 Å². The topological polar surface area (TPSA) is 105 Å². The molecule has 31 heavy (non-hydrogen) atoms. The van der Waals surface area contributed by atoms with E-state index in [1.54, 1.807) is 18.4 Å². The minimum atomic E-state index is -3.70. The number of carbonyl (C=O) groups excluding carboxylic acids is 1. The third-order valence-corrected chi connectivity index (χ3v) is 8.70. The molecule has 1 fully saturated rings. The highest BCUT2D eigenvalue weighted by Crippen LogP contribution is 2.31. The van der Waals surface area contributed by atoms with E-state index in [4.69, 9.17) is 4.52 Å². The highest BCUT2D eigenvalue weighted by molar-refractivity contribution is 7.91. The highest BCUT2D eigenvalue weighted by atomic mass is 32.2. The van der Waals surface area contributed by atoms with Crippen molar-refractivity contribution >= 4 is 27.3 Å². The zero-order chi connectivity index (χ0) is 22.0. The van der Waals surface area contributed by atoms with Crippen LogP contribution in [0.3, 0.4) is 0 Å². The Hall–Kier alpha value is -2.56. The number of thiophene rings is 1. The predicted octanol–water partition coefficient (Wildman–Crippen LogP) is 3.13. The number of carbonyl (C=O) groups is 1. The second-order valence-corrected chi connectivity index (χ2v) is 10.7. The summed E-state index contributed by atoms with van der Waals surface area (Å²) in [7, 11) is -3.70. The van der Waals surface area contributed by atoms with E-state index >= 15 is 0 Å². The molecule has 1 aromatic carbocycles. The van der Waals surface area contributed by atoms with E-state index in [2.05, 4.69) is 15.5 Å². The van der Waals surface area contributed by atoms with Crippen LogP contribution in [-0.2, 0) is 21.4 Å². The Labute approximate surface area is 185 Å². The second-order valence-electron chi connectivity index (χ2n) is 7.64. The molecule has 164 valence electrons. The highest BCUT2D eigenvalue weighted by Gasteiger charge is 2.34. The Kier molecular flexibility index (Phi) is 6.22. The molecule has 1 atom stereocenters. The third-order valence-electron chi connectivity index (χ3n) is 5.42. The van der Waals surface area contributed by atoms with Crippen molar-refractivity contribution in [1.29, 1.82) is 0 Å². The van der Waals surface area contributed by atoms with Gasteiger partial charge in [0.2, 0.25) is 17.6 Å². The van der Waals surface area contributed by atoms with Gasteiger partial charge in [-0.15, -0.1) is 11.3 Å². The summed E-state index contributed by atoms with van der Waals surface area (Å²) in [6, 6.07) is 9.44. The van der Waals surface area contributed by atoms with Crippen molar-refractivity contribution in [2.24, 2.45) is 5.92 Å². The van der Waals surface area contributed by atoms with Gasteiger partial charge in [0, 0.05) is 37.5 Å². The fraction of sp³-hybridized carbons (Fsp3) is 0.381. The van der Waals surface area contributed by atoms with E-state index in [0.29, 0.717) is 43.2 Å². The molecule has 2 aromatic heterocycles. The maximum Gasteiger partial charge on any atom is 0.252 e. The summed E-state index contributed by atoms with van der Waals surface area (Å²) < 4.78 is 32.9. The molecule has 0 saturated carbocycles. The largest absolute Gasteiger partial charge is 0.352 e. The maximum atomic E-state index is 13.2. The molecule has 3 aromatic rings. The fourth-order valence-electron chi connectivity index (χ4n) is 3.62. The number of hydrogen-bond donors (Lipinski definition) is 1. The van der Waals surface area contributed by atoms with E-state index in [1.807, 2.05) is 31.2 Å². The van der Waals surface area contributed by atoms with Gasteiger partial charge in [0.1, 0.15) is 4.21 Å². The van der Waals surface area contributed by atoms with Gasteiger partial charge in [0.05, 0.1) is 5.92 Å². The number of hydrogen-bond acceptors (Lipinski definition) is 7. The van der Waals surface area contributed by atoms with Crippen molar-refractivity contribution in [2.45, 2.75) is 37.4 Å². The minimum Gasteiger partial charge on any atom is -0.352 e. The molecule has 0 bridgehead atoms. The Bertz CT molecular complexity index is 1190. The molecule has 1 aliphatic rings. The van der Waals surface area contributed by atoms with Crippen molar-refractivity contribution < 1.29 is 17.7 Å². The smallest absolute Gasteiger partial charge is 0.252 e. The number of nitrogens with zero attached hydrogens (tertiary/aromatic N) is 3. The van der Waals surface area contributed by atoms with Crippen LogP contribution in [0.5, 0.6) is 0 Å². The Morgan fingerprint density at radius 1 is 1.32 bits per heavy atom. The fourth-order valence-corrected chi connectivity index (χ4v) is 6.46. The number of nitrogens with one attached hydrogen (secondary N) is 1. The average Bonchev–Trinajstić information content (AvgIpc) is 3.42. The molecule has 1 aliphatic heterocycles. The van der Waals surface area contributed by atoms with Crippen LogP contribution >= 0.6 is 11.3 Å². The Morgan fingerprint density at radius 3 is 2.87 bits per heavy atom. The number of sulfonamides is 1. The van der Waals surface area contributed by atoms with Gasteiger partial charge in [0.25, 0.3) is 10.0 Å². The molecule has 0 spiro atoms. The van der Waals surface area contributed by atoms with Gasteiger partial charge in [0.15, 0.2) is 0 Å². The molecule has 0 radical (unpaired) electrons. The Balaban J connectivity index is 1.43. The van der Waals surface area contributed by atoms with Gasteiger partial charge in [-0.2, -0.15) is 9.29 Å². The van der Waals surface area contributed by atoms with E-state index in [1.165, 1.54) is 4.31 Å². The third kappa shape index (κ3) is 4.70. The average molecular weight is 461 g/mol. The molecule has 3 heterocycles. The van der Waals surface area contributed by atoms with E-state index < -0.39 is 10.0 Å². The van der Waals surface area contributed by atoms with Gasteiger partial charge in [-0.25, -0.2) is 8.42 Å². The number of piperidine rings is 1. The molecule has 0 unspecified atom stereocenters. The van der Waals surface area contributed by atoms with E-state index in [9.17, 15) is 13.2 Å². The summed E-state index contributed by atoms with van der Waals surface area (Å²) in [4.78, 5) is 16.9. The summed E-state index contributed by atoms with van der Waals surface area (Å²) >= 11 is 1.12. The van der Waals surface area contributed by atoms with Crippen LogP contribution in [0.4, 0.5) is 0 Å². The molecule has 0 aliphatic carbocycles. The van der Waals surface area contributed by atoms with Crippen LogP contribution in [-0.4, -0.2) is 41.9 Å². The number of aromatic nitrogens is 2. The van der Waals surface area contributed by atoms with Gasteiger partial charge in [-0.3, -0.25) is 4.79 Å². The molecule has 1 amide bonds. The first-order chi connectivity index (χ1) is 14.8. The quantitative estimate of drug-likeness (QED) is 0.606. The molecular formula is C21H24N4O4S2. The predicted molar refractivity (Wildman–Crippen MR) is 117 cm³/mol. The molecule has 1 saturated heterocycles. The Morgan fingerprint density at radius 2 is 2.13 bits per heavy atom. The molecule has 1 N–H and O–H groups in total. The number of rotatable bonds is 6. The molecule has 10 heteroatoms. The van der Waals surface area contributed by atoms with Crippen molar-refractivity contribution in [3.05, 3.63) is 52.7 Å². The van der Waals surface area contributed by atoms with Gasteiger partial charge >= 0.3 is 0 Å². The lowest BCUT2D eigenvalue weighted by atomic mass is 9.98. The van der Waals surface area contributed by atoms with Crippen molar-refractivity contribution in [1.82, 2.24) is 19.8 Å². The molecular weight excluding hydrogens is 436 g/mol. The summed E-state index contributed by atoms with van der Waals surface area (Å²) in [5.41, 5.74) is 2.77. The number of aryl methyl sites for hydroxylation is 2. The van der Waals surface area contributed by atoms with Gasteiger partial charge in [-0.05, 0) is 37.0 Å². The molecule has 4 rings (SSSR count). The normalized spacial score (nSPS) is 17.5. The van der Waals surface area contributed by atoms with Gasteiger partial charge < -0.3 is 9.84 Å². The van der Waals surface area contributed by atoms with Gasteiger partial charge in [-0.1, -0.05) is 29.4 Å². The van der Waals surface area contributed by atoms with Crippen LogP contribution in [0.15, 0.2) is 44.4 Å². The summed E-state index contributed by atoms with van der Waals surface area (Å²) in [5.74, 6) is 0.299. The first-order valence-corrected chi connectivity index (χ1v) is 12.4. The summed E-state index contributed by atoms with van der Waals surface area (Å²) in [6.07, 6.45) is 1.31. The zero-order valence-electron chi connectivity index (χ0n) is 17.4. The number of benzene rings is 1. The lowest BCUT2D eigenvalue weighted by Gasteiger charge is -2.30. The van der Waals surface area contributed by atoms with Crippen LogP contribution in [0.25, 0.3) is 11.4 Å². The van der Waals surface area contributed by atoms with Crippen LogP contribution < -0.4 is 5.32 Å². The maximum absolute atomic E-state index is 13.2. The van der Waals surface area contributed by atoms with Crippen LogP contribution in [0, 0.1) is 19.8 Å². The van der Waals surface area contributed by atoms with Crippen LogP contribution in [0.1, 0.15) is 29.9 Å². The SMILES string of the molecule is Cc1nc(-c2csc(S(=O)(=O)N3CCC[C@@H](C(=O)NCc4ccccc4C)C3)c2)no1. The first-order valence-electron chi connectivity index (χ1n) is 10.1. The van der Waals surface area contributed by atoms with E-state index in [-0.39, 0.29) is 22.6 Å². The van der Waals surface area contributed by atoms with E-state index in [0.717, 1.165) is 22.5 Å².